The van der Waals surface area contributed by atoms with Crippen LogP contribution in [0.1, 0.15) is 18.4 Å². The van der Waals surface area contributed by atoms with E-state index < -0.39 is 0 Å². The number of benzene rings is 3. The Kier molecular flexibility index (Phi) is 4.98. The molecule has 26 heavy (non-hydrogen) atoms. The van der Waals surface area contributed by atoms with Crippen LogP contribution < -0.4 is 5.32 Å². The van der Waals surface area contributed by atoms with Crippen LogP contribution >= 0.6 is 0 Å². The van der Waals surface area contributed by atoms with Gasteiger partial charge in [-0.2, -0.15) is 0 Å². The van der Waals surface area contributed by atoms with Crippen LogP contribution in [0.3, 0.4) is 0 Å². The smallest absolute Gasteiger partial charge is 0.227 e. The summed E-state index contributed by atoms with van der Waals surface area (Å²) in [5.41, 5.74) is 2.23. The summed E-state index contributed by atoms with van der Waals surface area (Å²) in [4.78, 5) is 14.9. The SMILES string of the molecule is O=C(Nc1ccccc1)C1CCN(Cc2ccc3ccccc3c2)CC1. The zero-order valence-corrected chi connectivity index (χ0v) is 14.9. The Labute approximate surface area is 154 Å². The van der Waals surface area contributed by atoms with Gasteiger partial charge in [-0.25, -0.2) is 0 Å². The number of anilines is 1. The van der Waals surface area contributed by atoms with E-state index in [1.165, 1.54) is 16.3 Å². The first-order chi connectivity index (χ1) is 12.8. The number of hydrogen-bond donors (Lipinski definition) is 1. The lowest BCUT2D eigenvalue weighted by atomic mass is 9.95. The maximum absolute atomic E-state index is 12.4. The zero-order chi connectivity index (χ0) is 17.8. The van der Waals surface area contributed by atoms with E-state index in [4.69, 9.17) is 0 Å². The number of nitrogens with one attached hydrogen (secondary N) is 1. The van der Waals surface area contributed by atoms with Gasteiger partial charge in [0.2, 0.25) is 5.91 Å². The van der Waals surface area contributed by atoms with Crippen molar-refractivity contribution in [1.82, 2.24) is 4.90 Å². The van der Waals surface area contributed by atoms with Crippen LogP contribution in [0.15, 0.2) is 72.8 Å². The molecule has 0 unspecified atom stereocenters. The van der Waals surface area contributed by atoms with Crippen molar-refractivity contribution >= 4 is 22.4 Å². The van der Waals surface area contributed by atoms with Gasteiger partial charge in [-0.1, -0.05) is 54.6 Å². The molecule has 0 bridgehead atoms. The molecule has 0 saturated carbocycles. The molecule has 1 fully saturated rings. The van der Waals surface area contributed by atoms with E-state index in [0.29, 0.717) is 0 Å². The van der Waals surface area contributed by atoms with E-state index in [2.05, 4.69) is 52.7 Å². The highest BCUT2D eigenvalue weighted by Gasteiger charge is 2.25. The lowest BCUT2D eigenvalue weighted by Crippen LogP contribution is -2.37. The molecule has 132 valence electrons. The summed E-state index contributed by atoms with van der Waals surface area (Å²) in [5.74, 6) is 0.268. The number of likely N-dealkylation sites (tertiary alicyclic amines) is 1. The molecule has 0 atom stereocenters. The summed E-state index contributed by atoms with van der Waals surface area (Å²) in [6.45, 7) is 2.90. The number of fused-ring (bicyclic) bond motifs is 1. The van der Waals surface area contributed by atoms with Crippen molar-refractivity contribution in [3.8, 4) is 0 Å². The van der Waals surface area contributed by atoms with Gasteiger partial charge >= 0.3 is 0 Å². The monoisotopic (exact) mass is 344 g/mol. The average molecular weight is 344 g/mol. The number of rotatable bonds is 4. The van der Waals surface area contributed by atoms with Gasteiger partial charge in [0.15, 0.2) is 0 Å². The first-order valence-corrected chi connectivity index (χ1v) is 9.34. The number of hydrogen-bond acceptors (Lipinski definition) is 2. The molecule has 1 N–H and O–H groups in total. The third-order valence-corrected chi connectivity index (χ3v) is 5.22. The van der Waals surface area contributed by atoms with Gasteiger partial charge < -0.3 is 5.32 Å². The minimum Gasteiger partial charge on any atom is -0.326 e. The van der Waals surface area contributed by atoms with Gasteiger partial charge in [0.25, 0.3) is 0 Å². The Morgan fingerprint density at radius 3 is 2.35 bits per heavy atom. The number of amides is 1. The van der Waals surface area contributed by atoms with E-state index in [1.54, 1.807) is 0 Å². The number of nitrogens with zero attached hydrogens (tertiary/aromatic N) is 1. The molecule has 1 aliphatic heterocycles. The van der Waals surface area contributed by atoms with Crippen molar-refractivity contribution in [2.75, 3.05) is 18.4 Å². The molecule has 1 aliphatic rings. The highest BCUT2D eigenvalue weighted by Crippen LogP contribution is 2.22. The first-order valence-electron chi connectivity index (χ1n) is 9.34. The third-order valence-electron chi connectivity index (χ3n) is 5.22. The fourth-order valence-electron chi connectivity index (χ4n) is 3.71. The molecule has 1 heterocycles. The molecule has 0 aliphatic carbocycles. The summed E-state index contributed by atoms with van der Waals surface area (Å²) in [6.07, 6.45) is 1.85. The second-order valence-electron chi connectivity index (χ2n) is 7.09. The van der Waals surface area contributed by atoms with Gasteiger partial charge in [-0.15, -0.1) is 0 Å². The number of para-hydroxylation sites is 1. The molecule has 0 radical (unpaired) electrons. The zero-order valence-electron chi connectivity index (χ0n) is 14.9. The maximum Gasteiger partial charge on any atom is 0.227 e. The largest absolute Gasteiger partial charge is 0.326 e. The minimum absolute atomic E-state index is 0.114. The molecule has 3 aromatic rings. The quantitative estimate of drug-likeness (QED) is 0.744. The van der Waals surface area contributed by atoms with Crippen LogP contribution in [0.2, 0.25) is 0 Å². The summed E-state index contributed by atoms with van der Waals surface area (Å²) in [6, 6.07) is 24.9. The lowest BCUT2D eigenvalue weighted by Gasteiger charge is -2.31. The second-order valence-corrected chi connectivity index (χ2v) is 7.09. The predicted molar refractivity (Wildman–Crippen MR) is 107 cm³/mol. The van der Waals surface area contributed by atoms with Gasteiger partial charge in [0.05, 0.1) is 0 Å². The summed E-state index contributed by atoms with van der Waals surface area (Å²) in [7, 11) is 0. The first kappa shape index (κ1) is 16.8. The Morgan fingerprint density at radius 1 is 0.885 bits per heavy atom. The van der Waals surface area contributed by atoms with E-state index in [-0.39, 0.29) is 11.8 Å². The van der Waals surface area contributed by atoms with Crippen molar-refractivity contribution in [1.29, 1.82) is 0 Å². The number of carbonyl (C=O) groups is 1. The molecule has 3 aromatic carbocycles. The van der Waals surface area contributed by atoms with Crippen LogP contribution in [-0.4, -0.2) is 23.9 Å². The Morgan fingerprint density at radius 2 is 1.58 bits per heavy atom. The number of carbonyl (C=O) groups excluding carboxylic acids is 1. The topological polar surface area (TPSA) is 32.3 Å². The van der Waals surface area contributed by atoms with Crippen LogP contribution in [0.25, 0.3) is 10.8 Å². The van der Waals surface area contributed by atoms with Gasteiger partial charge in [0, 0.05) is 18.2 Å². The molecule has 3 nitrogen and oxygen atoms in total. The predicted octanol–water partition coefficient (Wildman–Crippen LogP) is 4.69. The lowest BCUT2D eigenvalue weighted by molar-refractivity contribution is -0.121. The minimum atomic E-state index is 0.114. The van der Waals surface area contributed by atoms with Gasteiger partial charge in [-0.3, -0.25) is 9.69 Å². The standard InChI is InChI=1S/C23H24N2O/c26-23(24-22-8-2-1-3-9-22)20-12-14-25(15-13-20)17-18-10-11-19-6-4-5-7-21(19)16-18/h1-11,16,20H,12-15,17H2,(H,24,26). The van der Waals surface area contributed by atoms with E-state index >= 15 is 0 Å². The fraction of sp³-hybridized carbons (Fsp3) is 0.261. The average Bonchev–Trinajstić information content (AvgIpc) is 2.69. The third kappa shape index (κ3) is 3.94. The summed E-state index contributed by atoms with van der Waals surface area (Å²) >= 11 is 0. The Bertz CT molecular complexity index is 883. The molecular weight excluding hydrogens is 320 g/mol. The summed E-state index contributed by atoms with van der Waals surface area (Å²) < 4.78 is 0. The normalized spacial score (nSPS) is 15.8. The Balaban J connectivity index is 1.32. The highest BCUT2D eigenvalue weighted by atomic mass is 16.1. The van der Waals surface area contributed by atoms with Crippen LogP contribution in [0.4, 0.5) is 5.69 Å². The van der Waals surface area contributed by atoms with E-state index in [1.807, 2.05) is 30.3 Å². The van der Waals surface area contributed by atoms with Crippen molar-refractivity contribution < 1.29 is 4.79 Å². The molecule has 0 aromatic heterocycles. The molecule has 1 amide bonds. The Hall–Kier alpha value is -2.65. The van der Waals surface area contributed by atoms with Crippen molar-refractivity contribution in [3.05, 3.63) is 78.4 Å². The van der Waals surface area contributed by atoms with Crippen LogP contribution in [-0.2, 0) is 11.3 Å². The molecule has 1 saturated heterocycles. The molecule has 3 heteroatoms. The van der Waals surface area contributed by atoms with E-state index in [9.17, 15) is 4.79 Å². The molecule has 4 rings (SSSR count). The van der Waals surface area contributed by atoms with Crippen molar-refractivity contribution in [2.45, 2.75) is 19.4 Å². The number of piperidine rings is 1. The van der Waals surface area contributed by atoms with Crippen molar-refractivity contribution in [2.24, 2.45) is 5.92 Å². The highest BCUT2D eigenvalue weighted by molar-refractivity contribution is 5.92. The van der Waals surface area contributed by atoms with Crippen LogP contribution in [0, 0.1) is 5.92 Å². The second kappa shape index (κ2) is 7.71. The van der Waals surface area contributed by atoms with Crippen LogP contribution in [0.5, 0.6) is 0 Å². The molecular formula is C23H24N2O. The molecule has 0 spiro atoms. The fourth-order valence-corrected chi connectivity index (χ4v) is 3.71. The van der Waals surface area contributed by atoms with Crippen molar-refractivity contribution in [3.63, 3.8) is 0 Å². The summed E-state index contributed by atoms with van der Waals surface area (Å²) in [5, 5.41) is 5.62. The maximum atomic E-state index is 12.4. The van der Waals surface area contributed by atoms with E-state index in [0.717, 1.165) is 38.2 Å². The van der Waals surface area contributed by atoms with Gasteiger partial charge in [0.1, 0.15) is 0 Å². The van der Waals surface area contributed by atoms with Gasteiger partial charge in [-0.05, 0) is 60.5 Å².